The highest BCUT2D eigenvalue weighted by Crippen LogP contribution is 2.28. The molecule has 4 rings (SSSR count). The summed E-state index contributed by atoms with van der Waals surface area (Å²) in [6.45, 7) is 4.17. The van der Waals surface area contributed by atoms with Gasteiger partial charge in [-0.25, -0.2) is 4.68 Å². The van der Waals surface area contributed by atoms with E-state index in [0.717, 1.165) is 42.5 Å². The maximum absolute atomic E-state index is 12.8. The summed E-state index contributed by atoms with van der Waals surface area (Å²) in [5.41, 5.74) is 0.915. The Morgan fingerprint density at radius 1 is 1.22 bits per heavy atom. The van der Waals surface area contributed by atoms with Gasteiger partial charge in [0.1, 0.15) is 0 Å². The molecular weight excluding hydrogens is 290 g/mol. The fourth-order valence-corrected chi connectivity index (χ4v) is 4.02. The second-order valence-electron chi connectivity index (χ2n) is 6.65. The van der Waals surface area contributed by atoms with Crippen LogP contribution in [-0.4, -0.2) is 40.0 Å². The van der Waals surface area contributed by atoms with E-state index in [2.05, 4.69) is 10.00 Å². The maximum Gasteiger partial charge on any atom is 0.275 e. The first-order chi connectivity index (χ1) is 11.2. The number of benzene rings is 1. The third kappa shape index (κ3) is 2.68. The Morgan fingerprint density at radius 2 is 2.00 bits per heavy atom. The first kappa shape index (κ1) is 14.8. The monoisotopic (exact) mass is 313 g/mol. The molecule has 0 spiro atoms. The van der Waals surface area contributed by atoms with Crippen LogP contribution in [0.25, 0.3) is 10.8 Å². The normalized spacial score (nSPS) is 25.4. The highest BCUT2D eigenvalue weighted by molar-refractivity contribution is 5.83. The van der Waals surface area contributed by atoms with Crippen LogP contribution in [0.4, 0.5) is 0 Å². The average Bonchev–Trinajstić information content (AvgIpc) is 2.60. The summed E-state index contributed by atoms with van der Waals surface area (Å²) >= 11 is 0. The average molecular weight is 313 g/mol. The molecule has 1 aliphatic heterocycles. The number of hydrogen-bond donors (Lipinski definition) is 0. The molecule has 2 unspecified atom stereocenters. The standard InChI is InChI=1S/C18H23N3O2/c1-13-14-6-2-3-7-15(14)18(22)21(19-13)12-20-10-11-23-17-9-5-4-8-16(17)20/h2-3,6-7,16-17H,4-5,8-12H2,1H3. The SMILES string of the molecule is Cc1nn(CN2CCOC3CCCCC32)c(=O)c2ccccc12. The van der Waals surface area contributed by atoms with Crippen LogP contribution in [0.5, 0.6) is 0 Å². The Kier molecular flexibility index (Phi) is 3.91. The lowest BCUT2D eigenvalue weighted by Crippen LogP contribution is -2.53. The molecule has 5 heteroatoms. The summed E-state index contributed by atoms with van der Waals surface area (Å²) in [6, 6.07) is 8.16. The fourth-order valence-electron chi connectivity index (χ4n) is 4.02. The Hall–Kier alpha value is -1.72. The van der Waals surface area contributed by atoms with Crippen LogP contribution in [0.15, 0.2) is 29.1 Å². The van der Waals surface area contributed by atoms with Crippen molar-refractivity contribution in [3.8, 4) is 0 Å². The van der Waals surface area contributed by atoms with Gasteiger partial charge < -0.3 is 4.74 Å². The van der Waals surface area contributed by atoms with Gasteiger partial charge in [0.05, 0.1) is 30.5 Å². The number of ether oxygens (including phenoxy) is 1. The molecule has 2 heterocycles. The van der Waals surface area contributed by atoms with E-state index >= 15 is 0 Å². The minimum absolute atomic E-state index is 0.00468. The van der Waals surface area contributed by atoms with Crippen molar-refractivity contribution in [1.82, 2.24) is 14.7 Å². The van der Waals surface area contributed by atoms with E-state index in [1.807, 2.05) is 31.2 Å². The molecule has 1 saturated carbocycles. The summed E-state index contributed by atoms with van der Waals surface area (Å²) < 4.78 is 7.56. The molecule has 2 fully saturated rings. The summed E-state index contributed by atoms with van der Waals surface area (Å²) in [6.07, 6.45) is 5.13. The zero-order chi connectivity index (χ0) is 15.8. The molecule has 5 nitrogen and oxygen atoms in total. The van der Waals surface area contributed by atoms with Gasteiger partial charge in [-0.15, -0.1) is 0 Å². The van der Waals surface area contributed by atoms with Gasteiger partial charge in [-0.3, -0.25) is 9.69 Å². The van der Waals surface area contributed by atoms with Crippen molar-refractivity contribution in [1.29, 1.82) is 0 Å². The second kappa shape index (κ2) is 6.06. The fraction of sp³-hybridized carbons (Fsp3) is 0.556. The molecule has 1 saturated heterocycles. The summed E-state index contributed by atoms with van der Waals surface area (Å²) in [5, 5.41) is 6.26. The van der Waals surface area contributed by atoms with Gasteiger partial charge in [-0.1, -0.05) is 31.0 Å². The summed E-state index contributed by atoms with van der Waals surface area (Å²) in [5.74, 6) is 0. The van der Waals surface area contributed by atoms with Crippen molar-refractivity contribution >= 4 is 10.8 Å². The van der Waals surface area contributed by atoms with E-state index in [4.69, 9.17) is 4.74 Å². The summed E-state index contributed by atoms with van der Waals surface area (Å²) in [4.78, 5) is 15.1. The minimum atomic E-state index is 0.00468. The first-order valence-corrected chi connectivity index (χ1v) is 8.56. The molecule has 1 aromatic carbocycles. The van der Waals surface area contributed by atoms with Crippen molar-refractivity contribution in [2.75, 3.05) is 13.2 Å². The molecule has 122 valence electrons. The Balaban J connectivity index is 1.67. The predicted octanol–water partition coefficient (Wildman–Crippen LogP) is 2.31. The Labute approximate surface area is 135 Å². The van der Waals surface area contributed by atoms with Crippen molar-refractivity contribution in [3.05, 3.63) is 40.3 Å². The molecule has 0 radical (unpaired) electrons. The van der Waals surface area contributed by atoms with E-state index in [-0.39, 0.29) is 5.56 Å². The van der Waals surface area contributed by atoms with Crippen molar-refractivity contribution in [2.24, 2.45) is 0 Å². The molecule has 2 aliphatic rings. The van der Waals surface area contributed by atoms with Crippen molar-refractivity contribution < 1.29 is 4.74 Å². The lowest BCUT2D eigenvalue weighted by atomic mass is 9.90. The molecule has 23 heavy (non-hydrogen) atoms. The second-order valence-corrected chi connectivity index (χ2v) is 6.65. The van der Waals surface area contributed by atoms with Gasteiger partial charge >= 0.3 is 0 Å². The molecule has 1 aliphatic carbocycles. The van der Waals surface area contributed by atoms with E-state index in [9.17, 15) is 4.79 Å². The topological polar surface area (TPSA) is 47.4 Å². The van der Waals surface area contributed by atoms with Crippen LogP contribution >= 0.6 is 0 Å². The van der Waals surface area contributed by atoms with Crippen LogP contribution in [0, 0.1) is 6.92 Å². The summed E-state index contributed by atoms with van der Waals surface area (Å²) in [7, 11) is 0. The van der Waals surface area contributed by atoms with Crippen LogP contribution in [-0.2, 0) is 11.4 Å². The number of aryl methyl sites for hydroxylation is 1. The highest BCUT2D eigenvalue weighted by atomic mass is 16.5. The Bertz CT molecular complexity index is 768. The quantitative estimate of drug-likeness (QED) is 0.853. The van der Waals surface area contributed by atoms with Gasteiger partial charge in [0.25, 0.3) is 5.56 Å². The molecule has 0 N–H and O–H groups in total. The van der Waals surface area contributed by atoms with Crippen molar-refractivity contribution in [2.45, 2.75) is 51.4 Å². The van der Waals surface area contributed by atoms with E-state index in [1.165, 1.54) is 12.8 Å². The highest BCUT2D eigenvalue weighted by Gasteiger charge is 2.34. The molecule has 0 bridgehead atoms. The van der Waals surface area contributed by atoms with Crippen LogP contribution in [0.1, 0.15) is 31.4 Å². The van der Waals surface area contributed by atoms with Gasteiger partial charge in [0, 0.05) is 18.0 Å². The van der Waals surface area contributed by atoms with E-state index in [1.54, 1.807) is 4.68 Å². The van der Waals surface area contributed by atoms with Crippen LogP contribution in [0.2, 0.25) is 0 Å². The third-order valence-corrected chi connectivity index (χ3v) is 5.22. The first-order valence-electron chi connectivity index (χ1n) is 8.56. The number of morpholine rings is 1. The van der Waals surface area contributed by atoms with E-state index in [0.29, 0.717) is 18.8 Å². The number of fused-ring (bicyclic) bond motifs is 2. The van der Waals surface area contributed by atoms with Crippen LogP contribution < -0.4 is 5.56 Å². The molecule has 1 aromatic heterocycles. The molecule has 0 amide bonds. The molecule has 2 aromatic rings. The zero-order valence-corrected chi connectivity index (χ0v) is 13.6. The van der Waals surface area contributed by atoms with E-state index < -0.39 is 0 Å². The number of hydrogen-bond acceptors (Lipinski definition) is 4. The number of rotatable bonds is 2. The smallest absolute Gasteiger partial charge is 0.275 e. The zero-order valence-electron chi connectivity index (χ0n) is 13.6. The predicted molar refractivity (Wildman–Crippen MR) is 89.4 cm³/mol. The lowest BCUT2D eigenvalue weighted by molar-refractivity contribution is -0.0996. The maximum atomic E-state index is 12.8. The molecular formula is C18H23N3O2. The van der Waals surface area contributed by atoms with Gasteiger partial charge in [0.2, 0.25) is 0 Å². The largest absolute Gasteiger partial charge is 0.375 e. The minimum Gasteiger partial charge on any atom is -0.375 e. The molecule has 2 atom stereocenters. The lowest BCUT2D eigenvalue weighted by Gasteiger charge is -2.43. The third-order valence-electron chi connectivity index (χ3n) is 5.22. The Morgan fingerprint density at radius 3 is 2.87 bits per heavy atom. The van der Waals surface area contributed by atoms with Gasteiger partial charge in [-0.2, -0.15) is 5.10 Å². The van der Waals surface area contributed by atoms with Gasteiger partial charge in [0.15, 0.2) is 0 Å². The number of aromatic nitrogens is 2. The number of nitrogens with zero attached hydrogens (tertiary/aromatic N) is 3. The van der Waals surface area contributed by atoms with Crippen LogP contribution in [0.3, 0.4) is 0 Å². The van der Waals surface area contributed by atoms with Crippen molar-refractivity contribution in [3.63, 3.8) is 0 Å². The van der Waals surface area contributed by atoms with Gasteiger partial charge in [-0.05, 0) is 25.8 Å².